The Bertz CT molecular complexity index is 396. The van der Waals surface area contributed by atoms with Gasteiger partial charge in [-0.2, -0.15) is 0 Å². The van der Waals surface area contributed by atoms with Crippen molar-refractivity contribution in [2.24, 2.45) is 0 Å². The van der Waals surface area contributed by atoms with E-state index in [1.165, 1.54) is 0 Å². The van der Waals surface area contributed by atoms with Crippen molar-refractivity contribution in [2.45, 2.75) is 69.5 Å². The Hall–Kier alpha value is -0.280. The largest absolute Gasteiger partial charge is 0.393 e. The molecule has 2 N–H and O–H groups in total. The van der Waals surface area contributed by atoms with Crippen LogP contribution in [0.3, 0.4) is 0 Å². The molecule has 0 saturated carbocycles. The minimum absolute atomic E-state index is 0.339. The van der Waals surface area contributed by atoms with E-state index in [0.717, 1.165) is 0 Å². The zero-order valence-corrected chi connectivity index (χ0v) is 12.2. The van der Waals surface area contributed by atoms with Gasteiger partial charge in [-0.05, 0) is 27.7 Å². The molecular weight excluding hydrogens is 268 g/mol. The standard InChI is InChI=1S/C13H22O7/c1-11(2)16-5-7(18-11)8-9-13(6-14,10(15)17-8)20-12(3,4)19-9/h7-10,14-15H,5-6H2,1-4H3/t7-,8-,9+,10+,13+/m1/s1. The van der Waals surface area contributed by atoms with Crippen LogP contribution in [0.5, 0.6) is 0 Å². The van der Waals surface area contributed by atoms with Crippen LogP contribution < -0.4 is 0 Å². The fourth-order valence-electron chi connectivity index (χ4n) is 3.18. The lowest BCUT2D eigenvalue weighted by Gasteiger charge is -2.27. The molecule has 116 valence electrons. The van der Waals surface area contributed by atoms with Gasteiger partial charge < -0.3 is 33.9 Å². The number of aliphatic hydroxyl groups is 2. The Kier molecular flexibility index (Phi) is 3.19. The summed E-state index contributed by atoms with van der Waals surface area (Å²) in [5.74, 6) is -1.59. The molecule has 0 spiro atoms. The first-order valence-corrected chi connectivity index (χ1v) is 6.83. The lowest BCUT2D eigenvalue weighted by molar-refractivity contribution is -0.261. The van der Waals surface area contributed by atoms with Crippen molar-refractivity contribution >= 4 is 0 Å². The third-order valence-corrected chi connectivity index (χ3v) is 3.97. The van der Waals surface area contributed by atoms with Gasteiger partial charge in [0.2, 0.25) is 0 Å². The number of aliphatic hydroxyl groups excluding tert-OH is 2. The first-order chi connectivity index (χ1) is 9.19. The first-order valence-electron chi connectivity index (χ1n) is 6.83. The van der Waals surface area contributed by atoms with Crippen molar-refractivity contribution in [3.63, 3.8) is 0 Å². The molecule has 3 saturated heterocycles. The predicted octanol–water partition coefficient (Wildman–Crippen LogP) is -0.262. The topological polar surface area (TPSA) is 86.6 Å². The van der Waals surface area contributed by atoms with Crippen molar-refractivity contribution in [1.82, 2.24) is 0 Å². The molecule has 7 heteroatoms. The molecule has 3 aliphatic heterocycles. The van der Waals surface area contributed by atoms with E-state index in [4.69, 9.17) is 23.7 Å². The van der Waals surface area contributed by atoms with Crippen LogP contribution >= 0.6 is 0 Å². The maximum atomic E-state index is 10.2. The second kappa shape index (κ2) is 4.36. The Balaban J connectivity index is 1.85. The highest BCUT2D eigenvalue weighted by Crippen LogP contribution is 2.48. The van der Waals surface area contributed by atoms with Gasteiger partial charge in [-0.15, -0.1) is 0 Å². The highest BCUT2D eigenvalue weighted by atomic mass is 16.8. The smallest absolute Gasteiger partial charge is 0.189 e. The summed E-state index contributed by atoms with van der Waals surface area (Å²) < 4.78 is 28.4. The molecule has 0 aromatic rings. The molecule has 0 aromatic heterocycles. The minimum atomic E-state index is -1.27. The third kappa shape index (κ3) is 2.09. The Morgan fingerprint density at radius 2 is 1.80 bits per heavy atom. The Morgan fingerprint density at radius 1 is 1.10 bits per heavy atom. The molecule has 7 nitrogen and oxygen atoms in total. The summed E-state index contributed by atoms with van der Waals surface area (Å²) in [6.07, 6.45) is -2.81. The molecular formula is C13H22O7. The number of hydrogen-bond donors (Lipinski definition) is 2. The lowest BCUT2D eigenvalue weighted by atomic mass is 9.94. The summed E-state index contributed by atoms with van der Waals surface area (Å²) in [6, 6.07) is 0. The van der Waals surface area contributed by atoms with E-state index in [9.17, 15) is 10.2 Å². The number of ether oxygens (including phenoxy) is 5. The number of fused-ring (bicyclic) bond motifs is 1. The van der Waals surface area contributed by atoms with Crippen LogP contribution in [0.1, 0.15) is 27.7 Å². The van der Waals surface area contributed by atoms with E-state index in [1.807, 2.05) is 13.8 Å². The molecule has 0 aliphatic carbocycles. The molecule has 5 atom stereocenters. The van der Waals surface area contributed by atoms with Crippen LogP contribution in [0.25, 0.3) is 0 Å². The van der Waals surface area contributed by atoms with E-state index in [1.54, 1.807) is 13.8 Å². The zero-order valence-electron chi connectivity index (χ0n) is 12.2. The zero-order chi connectivity index (χ0) is 14.8. The summed E-state index contributed by atoms with van der Waals surface area (Å²) in [6.45, 7) is 7.05. The van der Waals surface area contributed by atoms with Crippen molar-refractivity contribution in [1.29, 1.82) is 0 Å². The van der Waals surface area contributed by atoms with Gasteiger partial charge in [-0.3, -0.25) is 0 Å². The second-order valence-corrected chi connectivity index (χ2v) is 6.47. The Morgan fingerprint density at radius 3 is 2.35 bits per heavy atom. The molecule has 0 unspecified atom stereocenters. The van der Waals surface area contributed by atoms with Gasteiger partial charge in [-0.1, -0.05) is 0 Å². The maximum Gasteiger partial charge on any atom is 0.189 e. The predicted molar refractivity (Wildman–Crippen MR) is 65.6 cm³/mol. The average molecular weight is 290 g/mol. The van der Waals surface area contributed by atoms with Crippen LogP contribution in [0.15, 0.2) is 0 Å². The summed E-state index contributed by atoms with van der Waals surface area (Å²) in [5.41, 5.74) is -1.27. The van der Waals surface area contributed by atoms with Gasteiger partial charge in [0, 0.05) is 0 Å². The monoisotopic (exact) mass is 290 g/mol. The van der Waals surface area contributed by atoms with Gasteiger partial charge in [0.05, 0.1) is 13.2 Å². The normalized spacial score (nSPS) is 49.5. The quantitative estimate of drug-likeness (QED) is 0.724. The van der Waals surface area contributed by atoms with Crippen LogP contribution in [-0.2, 0) is 23.7 Å². The highest BCUT2D eigenvalue weighted by molar-refractivity contribution is 5.09. The number of rotatable bonds is 2. The molecule has 20 heavy (non-hydrogen) atoms. The molecule has 3 rings (SSSR count). The summed E-state index contributed by atoms with van der Waals surface area (Å²) >= 11 is 0. The maximum absolute atomic E-state index is 10.2. The minimum Gasteiger partial charge on any atom is -0.393 e. The van der Waals surface area contributed by atoms with Crippen molar-refractivity contribution < 1.29 is 33.9 Å². The van der Waals surface area contributed by atoms with Crippen molar-refractivity contribution in [3.8, 4) is 0 Å². The first kappa shape index (κ1) is 14.6. The summed E-state index contributed by atoms with van der Waals surface area (Å²) in [4.78, 5) is 0. The van der Waals surface area contributed by atoms with Gasteiger partial charge in [0.1, 0.15) is 18.3 Å². The van der Waals surface area contributed by atoms with E-state index in [0.29, 0.717) is 6.61 Å². The Labute approximate surface area is 117 Å². The second-order valence-electron chi connectivity index (χ2n) is 6.47. The van der Waals surface area contributed by atoms with E-state index < -0.39 is 42.3 Å². The van der Waals surface area contributed by atoms with Crippen LogP contribution in [0.2, 0.25) is 0 Å². The molecule has 3 heterocycles. The fraction of sp³-hybridized carbons (Fsp3) is 1.00. The van der Waals surface area contributed by atoms with Crippen molar-refractivity contribution in [3.05, 3.63) is 0 Å². The van der Waals surface area contributed by atoms with Gasteiger partial charge in [0.25, 0.3) is 0 Å². The SMILES string of the molecule is CC1(C)OC[C@H]([C@H]2O[C@H](O)[C@@]3(CO)OC(C)(C)O[C@@H]23)O1. The lowest BCUT2D eigenvalue weighted by Crippen LogP contribution is -2.51. The van der Waals surface area contributed by atoms with Gasteiger partial charge >= 0.3 is 0 Å². The molecule has 3 aliphatic rings. The fourth-order valence-corrected chi connectivity index (χ4v) is 3.18. The molecule has 0 amide bonds. The van der Waals surface area contributed by atoms with Gasteiger partial charge in [-0.25, -0.2) is 0 Å². The molecule has 3 fully saturated rings. The van der Waals surface area contributed by atoms with Crippen molar-refractivity contribution in [2.75, 3.05) is 13.2 Å². The van der Waals surface area contributed by atoms with Crippen LogP contribution in [-0.4, -0.2) is 65.2 Å². The number of hydrogen-bond acceptors (Lipinski definition) is 7. The van der Waals surface area contributed by atoms with Crippen LogP contribution in [0.4, 0.5) is 0 Å². The van der Waals surface area contributed by atoms with E-state index in [2.05, 4.69) is 0 Å². The molecule has 0 radical (unpaired) electrons. The summed E-state index contributed by atoms with van der Waals surface area (Å²) in [5, 5.41) is 19.8. The van der Waals surface area contributed by atoms with E-state index >= 15 is 0 Å². The highest BCUT2D eigenvalue weighted by Gasteiger charge is 2.68. The van der Waals surface area contributed by atoms with Crippen LogP contribution in [0, 0.1) is 0 Å². The van der Waals surface area contributed by atoms with E-state index in [-0.39, 0.29) is 6.10 Å². The summed E-state index contributed by atoms with van der Waals surface area (Å²) in [7, 11) is 0. The molecule has 0 aromatic carbocycles. The average Bonchev–Trinajstić information content (AvgIpc) is 2.90. The van der Waals surface area contributed by atoms with Gasteiger partial charge in [0.15, 0.2) is 23.5 Å². The third-order valence-electron chi connectivity index (χ3n) is 3.97. The molecule has 0 bridgehead atoms.